The highest BCUT2D eigenvalue weighted by atomic mass is 32.1. The average molecular weight is 375 g/mol. The first-order valence-corrected chi connectivity index (χ1v) is 8.74. The molecule has 0 unspecified atom stereocenters. The van der Waals surface area contributed by atoms with Crippen molar-refractivity contribution in [3.8, 4) is 16.6 Å². The second-order valence-corrected chi connectivity index (χ2v) is 7.00. The van der Waals surface area contributed by atoms with Gasteiger partial charge in [-0.05, 0) is 37.1 Å². The van der Waals surface area contributed by atoms with Gasteiger partial charge in [-0.2, -0.15) is 5.26 Å². The number of aromatic nitrogens is 1. The molecule has 0 saturated heterocycles. The van der Waals surface area contributed by atoms with Gasteiger partial charge in [-0.3, -0.25) is 4.79 Å². The number of rotatable bonds is 6. The van der Waals surface area contributed by atoms with E-state index in [-0.39, 0.29) is 17.4 Å². The van der Waals surface area contributed by atoms with Crippen LogP contribution in [0.15, 0.2) is 29.6 Å². The maximum atomic E-state index is 13.0. The number of halogens is 1. The lowest BCUT2D eigenvalue weighted by Crippen LogP contribution is -2.50. The Morgan fingerprint density at radius 2 is 2.04 bits per heavy atom. The summed E-state index contributed by atoms with van der Waals surface area (Å²) in [5, 5.41) is 13.8. The highest BCUT2D eigenvalue weighted by molar-refractivity contribution is 7.13. The van der Waals surface area contributed by atoms with E-state index in [1.165, 1.54) is 28.8 Å². The zero-order valence-corrected chi connectivity index (χ0v) is 15.4. The van der Waals surface area contributed by atoms with Gasteiger partial charge in [0, 0.05) is 10.9 Å². The predicted octanol–water partition coefficient (Wildman–Crippen LogP) is 3.16. The SMILES string of the molecule is CC(C)[C@@](C)(C#N)NC(=O)COC(=O)c1csc(-c2ccc(F)cc2)n1. The largest absolute Gasteiger partial charge is 0.451 e. The van der Waals surface area contributed by atoms with E-state index >= 15 is 0 Å². The Kier molecular flexibility index (Phi) is 6.05. The Hall–Kier alpha value is -2.79. The molecule has 0 spiro atoms. The summed E-state index contributed by atoms with van der Waals surface area (Å²) in [5.74, 6) is -1.77. The Morgan fingerprint density at radius 1 is 1.38 bits per heavy atom. The second-order valence-electron chi connectivity index (χ2n) is 6.14. The van der Waals surface area contributed by atoms with E-state index < -0.39 is 24.0 Å². The molecular formula is C18H18FN3O3S. The van der Waals surface area contributed by atoms with Crippen LogP contribution in [0.25, 0.3) is 10.6 Å². The standard InChI is InChI=1S/C18H18FN3O3S/c1-11(2)18(3,10-20)22-15(23)8-25-17(24)14-9-26-16(21-14)12-4-6-13(19)7-5-12/h4-7,9,11H,8H2,1-3H3,(H,22,23)/t18-/m1/s1. The first-order valence-electron chi connectivity index (χ1n) is 7.86. The van der Waals surface area contributed by atoms with Gasteiger partial charge in [0.15, 0.2) is 12.3 Å². The van der Waals surface area contributed by atoms with Gasteiger partial charge in [-0.15, -0.1) is 11.3 Å². The van der Waals surface area contributed by atoms with E-state index in [1.54, 1.807) is 19.1 Å². The highest BCUT2D eigenvalue weighted by Crippen LogP contribution is 2.24. The normalized spacial score (nSPS) is 12.9. The molecule has 2 rings (SSSR count). The molecule has 0 radical (unpaired) electrons. The molecule has 2 aromatic rings. The van der Waals surface area contributed by atoms with Gasteiger partial charge in [-0.1, -0.05) is 13.8 Å². The van der Waals surface area contributed by atoms with Crippen LogP contribution in [0.2, 0.25) is 0 Å². The quantitative estimate of drug-likeness (QED) is 0.783. The molecule has 6 nitrogen and oxygen atoms in total. The number of hydrogen-bond acceptors (Lipinski definition) is 6. The summed E-state index contributed by atoms with van der Waals surface area (Å²) in [7, 11) is 0. The van der Waals surface area contributed by atoms with Crippen molar-refractivity contribution in [3.63, 3.8) is 0 Å². The van der Waals surface area contributed by atoms with E-state index in [1.807, 2.05) is 19.9 Å². The lowest BCUT2D eigenvalue weighted by molar-refractivity contribution is -0.125. The van der Waals surface area contributed by atoms with Crippen molar-refractivity contribution < 1.29 is 18.7 Å². The van der Waals surface area contributed by atoms with E-state index in [9.17, 15) is 19.2 Å². The van der Waals surface area contributed by atoms with E-state index in [2.05, 4.69) is 10.3 Å². The number of benzene rings is 1. The van der Waals surface area contributed by atoms with Crippen molar-refractivity contribution >= 4 is 23.2 Å². The molecule has 0 aliphatic heterocycles. The number of ether oxygens (including phenoxy) is 1. The molecule has 0 aliphatic rings. The second kappa shape index (κ2) is 8.06. The number of nitrogens with one attached hydrogen (secondary N) is 1. The van der Waals surface area contributed by atoms with Crippen LogP contribution in [0.4, 0.5) is 4.39 Å². The zero-order valence-electron chi connectivity index (χ0n) is 14.6. The molecule has 1 atom stereocenters. The van der Waals surface area contributed by atoms with Gasteiger partial charge in [0.1, 0.15) is 16.4 Å². The van der Waals surface area contributed by atoms with Crippen LogP contribution in [-0.2, 0) is 9.53 Å². The maximum absolute atomic E-state index is 13.0. The molecule has 1 N–H and O–H groups in total. The minimum Gasteiger partial charge on any atom is -0.451 e. The summed E-state index contributed by atoms with van der Waals surface area (Å²) in [6, 6.07) is 7.78. The molecular weight excluding hydrogens is 357 g/mol. The highest BCUT2D eigenvalue weighted by Gasteiger charge is 2.30. The predicted molar refractivity (Wildman–Crippen MR) is 94.8 cm³/mol. The summed E-state index contributed by atoms with van der Waals surface area (Å²) >= 11 is 1.21. The average Bonchev–Trinajstić information content (AvgIpc) is 3.10. The fourth-order valence-corrected chi connectivity index (χ4v) is 2.72. The fraction of sp³-hybridized carbons (Fsp3) is 0.333. The van der Waals surface area contributed by atoms with Gasteiger partial charge >= 0.3 is 5.97 Å². The zero-order chi connectivity index (χ0) is 19.3. The number of carbonyl (C=O) groups is 2. The minimum atomic E-state index is -1.04. The molecule has 1 aromatic heterocycles. The number of amides is 1. The first kappa shape index (κ1) is 19.5. The molecule has 1 amide bonds. The number of carbonyl (C=O) groups excluding carboxylic acids is 2. The van der Waals surface area contributed by atoms with Crippen molar-refractivity contribution in [2.75, 3.05) is 6.61 Å². The van der Waals surface area contributed by atoms with Gasteiger partial charge in [0.2, 0.25) is 0 Å². The fourth-order valence-electron chi connectivity index (χ4n) is 1.92. The Labute approximate surface area is 154 Å². The number of esters is 1. The topological polar surface area (TPSA) is 92.1 Å². The molecule has 0 fully saturated rings. The number of nitrogens with zero attached hydrogens (tertiary/aromatic N) is 2. The van der Waals surface area contributed by atoms with Crippen LogP contribution in [0.5, 0.6) is 0 Å². The molecule has 0 saturated carbocycles. The molecule has 1 heterocycles. The molecule has 0 bridgehead atoms. The Balaban J connectivity index is 1.95. The van der Waals surface area contributed by atoms with Crippen molar-refractivity contribution in [2.24, 2.45) is 5.92 Å². The summed E-state index contributed by atoms with van der Waals surface area (Å²) in [5.41, 5.74) is -0.302. The molecule has 0 aliphatic carbocycles. The lowest BCUT2D eigenvalue weighted by Gasteiger charge is -2.27. The van der Waals surface area contributed by atoms with E-state index in [0.717, 1.165) is 0 Å². The summed E-state index contributed by atoms with van der Waals surface area (Å²) in [6.07, 6.45) is 0. The first-order chi connectivity index (χ1) is 12.2. The summed E-state index contributed by atoms with van der Waals surface area (Å²) < 4.78 is 17.9. The maximum Gasteiger partial charge on any atom is 0.358 e. The van der Waals surface area contributed by atoms with Crippen molar-refractivity contribution in [1.29, 1.82) is 5.26 Å². The molecule has 136 valence electrons. The third-order valence-electron chi connectivity index (χ3n) is 3.92. The van der Waals surface area contributed by atoms with Crippen LogP contribution < -0.4 is 5.32 Å². The smallest absolute Gasteiger partial charge is 0.358 e. The van der Waals surface area contributed by atoms with Crippen LogP contribution in [-0.4, -0.2) is 29.0 Å². The van der Waals surface area contributed by atoms with Crippen LogP contribution in [0.1, 0.15) is 31.3 Å². The number of hydrogen-bond donors (Lipinski definition) is 1. The van der Waals surface area contributed by atoms with E-state index in [0.29, 0.717) is 10.6 Å². The van der Waals surface area contributed by atoms with Crippen molar-refractivity contribution in [2.45, 2.75) is 26.3 Å². The van der Waals surface area contributed by atoms with Crippen molar-refractivity contribution in [3.05, 3.63) is 41.2 Å². The number of thiazole rings is 1. The molecule has 1 aromatic carbocycles. The summed E-state index contributed by atoms with van der Waals surface area (Å²) in [4.78, 5) is 28.1. The van der Waals surface area contributed by atoms with Gasteiger partial charge in [0.05, 0.1) is 6.07 Å². The third kappa shape index (κ3) is 4.64. The van der Waals surface area contributed by atoms with Gasteiger partial charge in [-0.25, -0.2) is 14.2 Å². The van der Waals surface area contributed by atoms with Crippen LogP contribution in [0.3, 0.4) is 0 Å². The third-order valence-corrected chi connectivity index (χ3v) is 4.82. The minimum absolute atomic E-state index is 0.0639. The summed E-state index contributed by atoms with van der Waals surface area (Å²) in [6.45, 7) is 4.71. The van der Waals surface area contributed by atoms with Gasteiger partial charge < -0.3 is 10.1 Å². The molecule has 8 heteroatoms. The Morgan fingerprint density at radius 3 is 2.62 bits per heavy atom. The number of nitriles is 1. The Bertz CT molecular complexity index is 842. The van der Waals surface area contributed by atoms with Gasteiger partial charge in [0.25, 0.3) is 5.91 Å². The van der Waals surface area contributed by atoms with Crippen molar-refractivity contribution in [1.82, 2.24) is 10.3 Å². The van der Waals surface area contributed by atoms with Crippen LogP contribution in [0, 0.1) is 23.1 Å². The monoisotopic (exact) mass is 375 g/mol. The van der Waals surface area contributed by atoms with Crippen LogP contribution >= 0.6 is 11.3 Å². The van der Waals surface area contributed by atoms with E-state index in [4.69, 9.17) is 4.74 Å². The molecule has 26 heavy (non-hydrogen) atoms. The lowest BCUT2D eigenvalue weighted by atomic mass is 9.90.